The highest BCUT2D eigenvalue weighted by molar-refractivity contribution is 6.26. The van der Waals surface area contributed by atoms with Crippen LogP contribution < -0.4 is 10.2 Å². The van der Waals surface area contributed by atoms with Crippen molar-refractivity contribution in [2.24, 2.45) is 0 Å². The van der Waals surface area contributed by atoms with Gasteiger partial charge in [0.05, 0.1) is 5.69 Å². The van der Waals surface area contributed by atoms with Gasteiger partial charge in [-0.15, -0.1) is 0 Å². The van der Waals surface area contributed by atoms with Crippen LogP contribution in [0.4, 0.5) is 5.69 Å². The van der Waals surface area contributed by atoms with E-state index in [4.69, 9.17) is 0 Å². The Balaban J connectivity index is 1.64. The molecule has 0 radical (unpaired) electrons. The van der Waals surface area contributed by atoms with Gasteiger partial charge < -0.3 is 10.2 Å². The zero-order chi connectivity index (χ0) is 24.6. The Morgan fingerprint density at radius 2 is 1.68 bits per heavy atom. The SMILES string of the molecule is Cc1ccccc1CN(C(=O)CN1C(=O)c2cccc3cccc1c23)C(C)C(=O)NC(C)(C)C. The van der Waals surface area contributed by atoms with Crippen LogP contribution in [0.3, 0.4) is 0 Å². The summed E-state index contributed by atoms with van der Waals surface area (Å²) >= 11 is 0. The lowest BCUT2D eigenvalue weighted by Crippen LogP contribution is -2.54. The van der Waals surface area contributed by atoms with Crippen LogP contribution in [0.5, 0.6) is 0 Å². The molecule has 6 heteroatoms. The highest BCUT2D eigenvalue weighted by atomic mass is 16.2. The van der Waals surface area contributed by atoms with Crippen molar-refractivity contribution in [2.45, 2.75) is 52.7 Å². The summed E-state index contributed by atoms with van der Waals surface area (Å²) in [7, 11) is 0. The summed E-state index contributed by atoms with van der Waals surface area (Å²) < 4.78 is 0. The van der Waals surface area contributed by atoms with Crippen molar-refractivity contribution in [3.63, 3.8) is 0 Å². The minimum absolute atomic E-state index is 0.133. The molecule has 0 saturated carbocycles. The molecule has 0 fully saturated rings. The molecular formula is C28H31N3O3. The third kappa shape index (κ3) is 4.53. The van der Waals surface area contributed by atoms with Gasteiger partial charge in [-0.1, -0.05) is 48.5 Å². The van der Waals surface area contributed by atoms with E-state index < -0.39 is 11.6 Å². The fraction of sp³-hybridized carbons (Fsp3) is 0.321. The number of aryl methyl sites for hydroxylation is 1. The van der Waals surface area contributed by atoms with Gasteiger partial charge in [0.1, 0.15) is 12.6 Å². The quantitative estimate of drug-likeness (QED) is 0.595. The van der Waals surface area contributed by atoms with Crippen molar-refractivity contribution >= 4 is 34.2 Å². The van der Waals surface area contributed by atoms with Crippen molar-refractivity contribution in [1.29, 1.82) is 0 Å². The Hall–Kier alpha value is -3.67. The fourth-order valence-corrected chi connectivity index (χ4v) is 4.39. The van der Waals surface area contributed by atoms with Gasteiger partial charge in [-0.3, -0.25) is 19.3 Å². The average Bonchev–Trinajstić information content (AvgIpc) is 3.05. The van der Waals surface area contributed by atoms with Gasteiger partial charge in [-0.2, -0.15) is 0 Å². The summed E-state index contributed by atoms with van der Waals surface area (Å²) in [6.45, 7) is 9.59. The number of rotatable bonds is 6. The van der Waals surface area contributed by atoms with Crippen molar-refractivity contribution < 1.29 is 14.4 Å². The maximum absolute atomic E-state index is 13.7. The second kappa shape index (κ2) is 8.93. The second-order valence-electron chi connectivity index (χ2n) is 9.94. The highest BCUT2D eigenvalue weighted by Gasteiger charge is 2.34. The van der Waals surface area contributed by atoms with Gasteiger partial charge in [0.25, 0.3) is 5.91 Å². The molecular weight excluding hydrogens is 426 g/mol. The number of benzene rings is 3. The number of carbonyl (C=O) groups excluding carboxylic acids is 3. The molecule has 1 heterocycles. The lowest BCUT2D eigenvalue weighted by molar-refractivity contribution is -0.140. The summed E-state index contributed by atoms with van der Waals surface area (Å²) in [6.07, 6.45) is 0. The number of nitrogens with zero attached hydrogens (tertiary/aromatic N) is 2. The Kier molecular flexibility index (Phi) is 6.17. The molecule has 0 aromatic heterocycles. The number of hydrogen-bond acceptors (Lipinski definition) is 3. The summed E-state index contributed by atoms with van der Waals surface area (Å²) in [5.74, 6) is -0.701. The molecule has 34 heavy (non-hydrogen) atoms. The molecule has 1 N–H and O–H groups in total. The Morgan fingerprint density at radius 1 is 1.00 bits per heavy atom. The third-order valence-electron chi connectivity index (χ3n) is 6.21. The molecule has 6 nitrogen and oxygen atoms in total. The Labute approximate surface area is 200 Å². The van der Waals surface area contributed by atoms with Crippen molar-refractivity contribution in [3.05, 3.63) is 77.4 Å². The molecule has 1 atom stereocenters. The van der Waals surface area contributed by atoms with E-state index in [0.717, 1.165) is 27.6 Å². The molecule has 176 valence electrons. The van der Waals surface area contributed by atoms with Gasteiger partial charge in [0.15, 0.2) is 0 Å². The number of nitrogens with one attached hydrogen (secondary N) is 1. The molecule has 1 aliphatic heterocycles. The van der Waals surface area contributed by atoms with Crippen LogP contribution in [0, 0.1) is 6.92 Å². The lowest BCUT2D eigenvalue weighted by Gasteiger charge is -2.33. The van der Waals surface area contributed by atoms with E-state index in [-0.39, 0.29) is 30.8 Å². The van der Waals surface area contributed by atoms with Gasteiger partial charge in [0, 0.05) is 23.0 Å². The molecule has 0 spiro atoms. The average molecular weight is 458 g/mol. The van der Waals surface area contributed by atoms with Crippen molar-refractivity contribution in [1.82, 2.24) is 10.2 Å². The van der Waals surface area contributed by atoms with Gasteiger partial charge >= 0.3 is 0 Å². The van der Waals surface area contributed by atoms with Crippen LogP contribution in [-0.2, 0) is 16.1 Å². The molecule has 0 aliphatic carbocycles. The van der Waals surface area contributed by atoms with Crippen LogP contribution in [0.1, 0.15) is 49.2 Å². The third-order valence-corrected chi connectivity index (χ3v) is 6.21. The van der Waals surface area contributed by atoms with E-state index in [2.05, 4.69) is 5.32 Å². The number of hydrogen-bond donors (Lipinski definition) is 1. The standard InChI is InChI=1S/C28H31N3O3/c1-18-10-6-7-11-21(18)16-30(19(2)26(33)29-28(3,4)5)24(32)17-31-23-15-9-13-20-12-8-14-22(25(20)23)27(31)34/h6-15,19H,16-17H2,1-5H3,(H,29,33). The first kappa shape index (κ1) is 23.5. The van der Waals surface area contributed by atoms with Gasteiger partial charge in [-0.05, 0) is 63.3 Å². The number of amides is 3. The number of anilines is 1. The molecule has 3 aromatic carbocycles. The summed E-state index contributed by atoms with van der Waals surface area (Å²) in [6, 6.07) is 18.4. The van der Waals surface area contributed by atoms with Gasteiger partial charge in [0.2, 0.25) is 11.8 Å². The minimum atomic E-state index is -0.706. The molecule has 0 bridgehead atoms. The molecule has 1 unspecified atom stereocenters. The Morgan fingerprint density at radius 3 is 2.35 bits per heavy atom. The monoisotopic (exact) mass is 457 g/mol. The molecule has 4 rings (SSSR count). The van der Waals surface area contributed by atoms with Crippen LogP contribution in [-0.4, -0.2) is 40.7 Å². The van der Waals surface area contributed by atoms with Gasteiger partial charge in [-0.25, -0.2) is 0 Å². The zero-order valence-electron chi connectivity index (χ0n) is 20.4. The fourth-order valence-electron chi connectivity index (χ4n) is 4.39. The van der Waals surface area contributed by atoms with E-state index in [0.29, 0.717) is 5.56 Å². The van der Waals surface area contributed by atoms with Crippen LogP contribution >= 0.6 is 0 Å². The summed E-state index contributed by atoms with van der Waals surface area (Å²) in [4.78, 5) is 43.0. The highest BCUT2D eigenvalue weighted by Crippen LogP contribution is 2.37. The summed E-state index contributed by atoms with van der Waals surface area (Å²) in [5, 5.41) is 4.81. The first-order chi connectivity index (χ1) is 16.1. The number of carbonyl (C=O) groups is 3. The van der Waals surface area contributed by atoms with E-state index >= 15 is 0 Å². The van der Waals surface area contributed by atoms with Crippen molar-refractivity contribution in [2.75, 3.05) is 11.4 Å². The second-order valence-corrected chi connectivity index (χ2v) is 9.94. The maximum atomic E-state index is 13.7. The predicted molar refractivity (Wildman–Crippen MR) is 135 cm³/mol. The van der Waals surface area contributed by atoms with E-state index in [1.807, 2.05) is 82.3 Å². The molecule has 3 amide bonds. The van der Waals surface area contributed by atoms with E-state index in [9.17, 15) is 14.4 Å². The first-order valence-corrected chi connectivity index (χ1v) is 11.6. The van der Waals surface area contributed by atoms with Crippen LogP contribution in [0.25, 0.3) is 10.8 Å². The first-order valence-electron chi connectivity index (χ1n) is 11.6. The lowest BCUT2D eigenvalue weighted by atomic mass is 10.1. The van der Waals surface area contributed by atoms with Crippen LogP contribution in [0.15, 0.2) is 60.7 Å². The molecule has 0 saturated heterocycles. The minimum Gasteiger partial charge on any atom is -0.350 e. The largest absolute Gasteiger partial charge is 0.350 e. The van der Waals surface area contributed by atoms with Crippen molar-refractivity contribution in [3.8, 4) is 0 Å². The maximum Gasteiger partial charge on any atom is 0.259 e. The normalized spacial score (nSPS) is 13.8. The predicted octanol–water partition coefficient (Wildman–Crippen LogP) is 4.44. The smallest absolute Gasteiger partial charge is 0.259 e. The van der Waals surface area contributed by atoms with E-state index in [1.165, 1.54) is 4.90 Å². The Bertz CT molecular complexity index is 1270. The zero-order valence-corrected chi connectivity index (χ0v) is 20.4. The van der Waals surface area contributed by atoms with Crippen LogP contribution in [0.2, 0.25) is 0 Å². The summed E-state index contributed by atoms with van der Waals surface area (Å²) in [5.41, 5.74) is 2.91. The van der Waals surface area contributed by atoms with E-state index in [1.54, 1.807) is 17.9 Å². The topological polar surface area (TPSA) is 69.7 Å². The molecule has 1 aliphatic rings. The molecule has 3 aromatic rings.